The number of benzene rings is 3. The Balaban J connectivity index is 1.54. The van der Waals surface area contributed by atoms with E-state index >= 15 is 0 Å². The lowest BCUT2D eigenvalue weighted by molar-refractivity contribution is 0.0602. The molecule has 0 aliphatic carbocycles. The number of anilines is 1. The topological polar surface area (TPSA) is 81.4 Å². The number of esters is 1. The smallest absolute Gasteiger partial charge is 0.339 e. The van der Waals surface area contributed by atoms with Gasteiger partial charge in [0.25, 0.3) is 0 Å². The number of aryl methyl sites for hydroxylation is 2. The van der Waals surface area contributed by atoms with Crippen LogP contribution in [0.3, 0.4) is 0 Å². The number of amides is 2. The van der Waals surface area contributed by atoms with E-state index < -0.39 is 12.0 Å². The Kier molecular flexibility index (Phi) is 6.89. The molecule has 2 aromatic heterocycles. The van der Waals surface area contributed by atoms with Crippen LogP contribution in [0.25, 0.3) is 11.5 Å². The molecule has 1 N–H and O–H groups in total. The van der Waals surface area contributed by atoms with Gasteiger partial charge in [-0.2, -0.15) is 5.10 Å². The molecule has 8 heteroatoms. The minimum atomic E-state index is -0.513. The largest absolute Gasteiger partial charge is 0.465 e. The maximum atomic E-state index is 14.3. The maximum Gasteiger partial charge on any atom is 0.339 e. The van der Waals surface area contributed by atoms with E-state index in [0.717, 1.165) is 39.6 Å². The average molecular weight is 546 g/mol. The summed E-state index contributed by atoms with van der Waals surface area (Å²) >= 11 is 0. The van der Waals surface area contributed by atoms with Gasteiger partial charge in [-0.1, -0.05) is 67.1 Å². The molecular weight excluding hydrogens is 514 g/mol. The number of nitrogens with one attached hydrogen (secondary N) is 1. The molecule has 0 radical (unpaired) electrons. The van der Waals surface area contributed by atoms with Crippen molar-refractivity contribution in [2.45, 2.75) is 32.9 Å². The van der Waals surface area contributed by atoms with Crippen molar-refractivity contribution in [3.63, 3.8) is 0 Å². The van der Waals surface area contributed by atoms with Gasteiger partial charge in [0.05, 0.1) is 48.0 Å². The summed E-state index contributed by atoms with van der Waals surface area (Å²) in [5, 5.41) is 8.03. The Hall–Kier alpha value is -5.11. The van der Waals surface area contributed by atoms with E-state index in [0.29, 0.717) is 24.2 Å². The minimum Gasteiger partial charge on any atom is -0.465 e. The molecule has 41 heavy (non-hydrogen) atoms. The van der Waals surface area contributed by atoms with Crippen LogP contribution in [0, 0.1) is 6.92 Å². The van der Waals surface area contributed by atoms with Crippen LogP contribution in [-0.4, -0.2) is 38.4 Å². The first-order valence-electron chi connectivity index (χ1n) is 13.7. The van der Waals surface area contributed by atoms with Gasteiger partial charge in [-0.25, -0.2) is 14.3 Å². The van der Waals surface area contributed by atoms with Crippen LogP contribution in [0.4, 0.5) is 10.5 Å². The Labute approximate surface area is 238 Å². The van der Waals surface area contributed by atoms with Crippen LogP contribution in [0.2, 0.25) is 0 Å². The van der Waals surface area contributed by atoms with Crippen LogP contribution < -0.4 is 5.32 Å². The zero-order chi connectivity index (χ0) is 28.5. The Morgan fingerprint density at radius 1 is 0.976 bits per heavy atom. The molecule has 0 saturated carbocycles. The van der Waals surface area contributed by atoms with Gasteiger partial charge in [0, 0.05) is 11.8 Å². The molecule has 3 aromatic carbocycles. The first kappa shape index (κ1) is 26.1. The molecule has 3 heterocycles. The Morgan fingerprint density at radius 3 is 2.51 bits per heavy atom. The summed E-state index contributed by atoms with van der Waals surface area (Å²) in [5.41, 5.74) is 6.54. The fourth-order valence-electron chi connectivity index (χ4n) is 5.61. The predicted molar refractivity (Wildman–Crippen MR) is 158 cm³/mol. The number of nitrogens with zero attached hydrogens (tertiary/aromatic N) is 4. The highest BCUT2D eigenvalue weighted by Crippen LogP contribution is 2.39. The molecule has 0 saturated heterocycles. The molecule has 0 bridgehead atoms. The molecule has 0 fully saturated rings. The van der Waals surface area contributed by atoms with Crippen molar-refractivity contribution in [2.75, 3.05) is 12.4 Å². The molecule has 2 amide bonds. The van der Waals surface area contributed by atoms with Crippen molar-refractivity contribution < 1.29 is 14.3 Å². The number of carbonyl (C=O) groups excluding carboxylic acids is 2. The van der Waals surface area contributed by atoms with E-state index in [9.17, 15) is 9.59 Å². The van der Waals surface area contributed by atoms with Crippen molar-refractivity contribution in [1.29, 1.82) is 0 Å². The summed E-state index contributed by atoms with van der Waals surface area (Å²) < 4.78 is 9.09. The Morgan fingerprint density at radius 2 is 1.76 bits per heavy atom. The standard InChI is InChI=1S/C33H31N5O3/c1-4-27-26-21-37(33(40)34-28-17-9-8-16-25(28)32(39)41-3)30(23-13-10-12-22(2)20-23)29-18-11-19-36(29)31(26)38(35-27)24-14-6-5-7-15-24/h5-20,30H,4,21H2,1-3H3,(H,34,40)/t30-/m0/s1. The zero-order valence-corrected chi connectivity index (χ0v) is 23.2. The van der Waals surface area contributed by atoms with Crippen molar-refractivity contribution in [3.05, 3.63) is 131 Å². The highest BCUT2D eigenvalue weighted by Gasteiger charge is 2.36. The summed E-state index contributed by atoms with van der Waals surface area (Å²) in [6.45, 7) is 4.44. The van der Waals surface area contributed by atoms with E-state index in [2.05, 4.69) is 35.0 Å². The number of hydrogen-bond acceptors (Lipinski definition) is 4. The van der Waals surface area contributed by atoms with Crippen LogP contribution in [0.1, 0.15) is 51.4 Å². The quantitative estimate of drug-likeness (QED) is 0.257. The molecule has 206 valence electrons. The second-order valence-corrected chi connectivity index (χ2v) is 10.1. The third-order valence-corrected chi connectivity index (χ3v) is 7.50. The van der Waals surface area contributed by atoms with Crippen molar-refractivity contribution >= 4 is 17.7 Å². The third-order valence-electron chi connectivity index (χ3n) is 7.50. The van der Waals surface area contributed by atoms with E-state index in [1.807, 2.05) is 71.2 Å². The first-order chi connectivity index (χ1) is 20.0. The zero-order valence-electron chi connectivity index (χ0n) is 23.2. The van der Waals surface area contributed by atoms with Crippen molar-refractivity contribution in [3.8, 4) is 11.5 Å². The lowest BCUT2D eigenvalue weighted by Gasteiger charge is -2.31. The molecule has 0 spiro atoms. The van der Waals surface area contributed by atoms with Gasteiger partial charge >= 0.3 is 12.0 Å². The van der Waals surface area contributed by atoms with Gasteiger partial charge in [-0.3, -0.25) is 0 Å². The number of hydrogen-bond donors (Lipinski definition) is 1. The lowest BCUT2D eigenvalue weighted by Crippen LogP contribution is -2.38. The highest BCUT2D eigenvalue weighted by atomic mass is 16.5. The monoisotopic (exact) mass is 545 g/mol. The van der Waals surface area contributed by atoms with E-state index in [1.54, 1.807) is 24.3 Å². The number of rotatable bonds is 5. The summed E-state index contributed by atoms with van der Waals surface area (Å²) in [7, 11) is 1.33. The fourth-order valence-corrected chi connectivity index (χ4v) is 5.61. The number of ether oxygens (including phenoxy) is 1. The summed E-state index contributed by atoms with van der Waals surface area (Å²) in [5.74, 6) is 0.400. The number of aromatic nitrogens is 3. The van der Waals surface area contributed by atoms with Gasteiger partial charge in [0.2, 0.25) is 0 Å². The minimum absolute atomic E-state index is 0.292. The van der Waals surface area contributed by atoms with E-state index in [-0.39, 0.29) is 6.03 Å². The number of methoxy groups -OCH3 is 1. The molecule has 1 aliphatic heterocycles. The van der Waals surface area contributed by atoms with Gasteiger partial charge in [-0.15, -0.1) is 0 Å². The third kappa shape index (κ3) is 4.67. The Bertz CT molecular complexity index is 1740. The van der Waals surface area contributed by atoms with E-state index in [4.69, 9.17) is 9.84 Å². The normalized spacial score (nSPS) is 14.1. The first-order valence-corrected chi connectivity index (χ1v) is 13.7. The van der Waals surface area contributed by atoms with Gasteiger partial charge in [0.1, 0.15) is 5.82 Å². The van der Waals surface area contributed by atoms with Gasteiger partial charge < -0.3 is 19.5 Å². The van der Waals surface area contributed by atoms with E-state index in [1.165, 1.54) is 7.11 Å². The van der Waals surface area contributed by atoms with Crippen molar-refractivity contribution in [1.82, 2.24) is 19.2 Å². The number of fused-ring (bicyclic) bond motifs is 3. The number of carbonyl (C=O) groups is 2. The molecule has 8 nitrogen and oxygen atoms in total. The predicted octanol–water partition coefficient (Wildman–Crippen LogP) is 6.46. The second-order valence-electron chi connectivity index (χ2n) is 10.1. The van der Waals surface area contributed by atoms with Gasteiger partial charge in [-0.05, 0) is 55.3 Å². The van der Waals surface area contributed by atoms with Crippen LogP contribution >= 0.6 is 0 Å². The summed E-state index contributed by atoms with van der Waals surface area (Å²) in [6.07, 6.45) is 2.74. The van der Waals surface area contributed by atoms with Gasteiger partial charge in [0.15, 0.2) is 0 Å². The molecule has 6 rings (SSSR count). The molecule has 1 aliphatic rings. The fraction of sp³-hybridized carbons (Fsp3) is 0.182. The molecule has 0 unspecified atom stereocenters. The maximum absolute atomic E-state index is 14.3. The lowest BCUT2D eigenvalue weighted by atomic mass is 10.00. The molecule has 5 aromatic rings. The number of para-hydroxylation sites is 2. The summed E-state index contributed by atoms with van der Waals surface area (Å²) in [6, 6.07) is 28.5. The van der Waals surface area contributed by atoms with Crippen LogP contribution in [0.15, 0.2) is 97.2 Å². The summed E-state index contributed by atoms with van der Waals surface area (Å²) in [4.78, 5) is 28.6. The molecule has 1 atom stereocenters. The molecular formula is C33H31N5O3. The van der Waals surface area contributed by atoms with Crippen molar-refractivity contribution in [2.24, 2.45) is 0 Å². The SMILES string of the molecule is CCc1nn(-c2ccccc2)c2c1CN(C(=O)Nc1ccccc1C(=O)OC)[C@@H](c1cccc(C)c1)c1cccn1-2. The van der Waals surface area contributed by atoms with Crippen LogP contribution in [0.5, 0.6) is 0 Å². The average Bonchev–Trinajstić information content (AvgIpc) is 3.58. The highest BCUT2D eigenvalue weighted by molar-refractivity contribution is 6.01. The van der Waals surface area contributed by atoms with Crippen LogP contribution in [-0.2, 0) is 17.7 Å². The number of urea groups is 1. The second kappa shape index (κ2) is 10.8.